The molecule has 6 heteroatoms. The molecule has 0 unspecified atom stereocenters. The van der Waals surface area contributed by atoms with Crippen molar-refractivity contribution >= 4 is 0 Å². The molecule has 2 saturated carbocycles. The van der Waals surface area contributed by atoms with Crippen molar-refractivity contribution in [1.29, 1.82) is 0 Å². The van der Waals surface area contributed by atoms with E-state index in [9.17, 15) is 18.3 Å². The quantitative estimate of drug-likeness (QED) is 0.475. The first-order valence-electron chi connectivity index (χ1n) is 13.2. The van der Waals surface area contributed by atoms with E-state index in [1.165, 1.54) is 5.56 Å². The maximum Gasteiger partial charge on any atom is 0.416 e. The third-order valence-corrected chi connectivity index (χ3v) is 8.87. The zero-order chi connectivity index (χ0) is 24.6. The predicted molar refractivity (Wildman–Crippen MR) is 127 cm³/mol. The monoisotopic (exact) mass is 485 g/mol. The third-order valence-electron chi connectivity index (χ3n) is 8.87. The Bertz CT molecular complexity index is 1130. The molecule has 4 aliphatic rings. The van der Waals surface area contributed by atoms with Crippen molar-refractivity contribution in [3.05, 3.63) is 63.5 Å². The Labute approximate surface area is 205 Å². The van der Waals surface area contributed by atoms with Gasteiger partial charge in [-0.3, -0.25) is 4.98 Å². The van der Waals surface area contributed by atoms with Gasteiger partial charge >= 0.3 is 6.18 Å². The number of hydrogen-bond donors (Lipinski definition) is 1. The SMILES string of the molecule is CC1(C)Cc2nc3c(c(C4CCCC4)c2[C@@H](O)C1)[C@H](c1ccc(C(F)(F)F)cc1)OC31CCCC1. The minimum atomic E-state index is -4.37. The van der Waals surface area contributed by atoms with Crippen LogP contribution in [0.25, 0.3) is 0 Å². The van der Waals surface area contributed by atoms with Crippen molar-refractivity contribution in [2.75, 3.05) is 0 Å². The molecule has 1 aliphatic heterocycles. The van der Waals surface area contributed by atoms with Crippen LogP contribution in [0.3, 0.4) is 0 Å². The summed E-state index contributed by atoms with van der Waals surface area (Å²) in [5.41, 5.74) is 4.86. The van der Waals surface area contributed by atoms with Crippen molar-refractivity contribution in [3.63, 3.8) is 0 Å². The van der Waals surface area contributed by atoms with Crippen LogP contribution < -0.4 is 0 Å². The fraction of sp³-hybridized carbons (Fsp3) is 0.621. The normalized spacial score (nSPS) is 27.4. The molecule has 2 fully saturated rings. The molecule has 0 amide bonds. The number of rotatable bonds is 2. The summed E-state index contributed by atoms with van der Waals surface area (Å²) in [7, 11) is 0. The van der Waals surface area contributed by atoms with Crippen LogP contribution in [0, 0.1) is 5.41 Å². The van der Waals surface area contributed by atoms with Gasteiger partial charge < -0.3 is 9.84 Å². The molecular formula is C29H34F3NO2. The summed E-state index contributed by atoms with van der Waals surface area (Å²) in [6.07, 6.45) is 4.50. The number of benzene rings is 1. The van der Waals surface area contributed by atoms with Gasteiger partial charge in [-0.1, -0.05) is 51.7 Å². The van der Waals surface area contributed by atoms with Gasteiger partial charge in [0.2, 0.25) is 0 Å². The Morgan fingerprint density at radius 3 is 2.23 bits per heavy atom. The highest BCUT2D eigenvalue weighted by Gasteiger charge is 2.52. The van der Waals surface area contributed by atoms with Crippen molar-refractivity contribution in [1.82, 2.24) is 4.98 Å². The van der Waals surface area contributed by atoms with Gasteiger partial charge in [0.25, 0.3) is 0 Å². The Morgan fingerprint density at radius 1 is 0.943 bits per heavy atom. The summed E-state index contributed by atoms with van der Waals surface area (Å²) in [6.45, 7) is 4.38. The summed E-state index contributed by atoms with van der Waals surface area (Å²) in [5, 5.41) is 11.4. The fourth-order valence-electron chi connectivity index (χ4n) is 7.33. The Hall–Kier alpha value is -1.92. The van der Waals surface area contributed by atoms with Crippen molar-refractivity contribution in [2.24, 2.45) is 5.41 Å². The van der Waals surface area contributed by atoms with Gasteiger partial charge in [0, 0.05) is 16.8 Å². The number of aliphatic hydroxyl groups excluding tert-OH is 1. The van der Waals surface area contributed by atoms with Gasteiger partial charge in [0.1, 0.15) is 11.7 Å². The maximum atomic E-state index is 13.3. The highest BCUT2D eigenvalue weighted by atomic mass is 19.4. The molecule has 3 nitrogen and oxygen atoms in total. The van der Waals surface area contributed by atoms with Crippen LogP contribution in [0.2, 0.25) is 0 Å². The molecule has 1 aromatic carbocycles. The number of hydrogen-bond acceptors (Lipinski definition) is 3. The topological polar surface area (TPSA) is 42.4 Å². The fourth-order valence-corrected chi connectivity index (χ4v) is 7.33. The molecule has 2 atom stereocenters. The molecule has 0 saturated heterocycles. The largest absolute Gasteiger partial charge is 0.416 e. The lowest BCUT2D eigenvalue weighted by atomic mass is 9.70. The van der Waals surface area contributed by atoms with E-state index in [1.54, 1.807) is 12.1 Å². The van der Waals surface area contributed by atoms with Crippen LogP contribution in [0.1, 0.15) is 129 Å². The minimum absolute atomic E-state index is 0.0320. The van der Waals surface area contributed by atoms with Crippen LogP contribution in [0.4, 0.5) is 13.2 Å². The Kier molecular flexibility index (Phi) is 5.39. The Balaban J connectivity index is 1.57. The van der Waals surface area contributed by atoms with E-state index in [0.29, 0.717) is 12.3 Å². The Morgan fingerprint density at radius 2 is 1.60 bits per heavy atom. The summed E-state index contributed by atoms with van der Waals surface area (Å²) >= 11 is 0. The second-order valence-electron chi connectivity index (χ2n) is 12.0. The molecule has 2 aromatic rings. The van der Waals surface area contributed by atoms with E-state index in [0.717, 1.165) is 98.0 Å². The van der Waals surface area contributed by atoms with Gasteiger partial charge in [-0.2, -0.15) is 13.2 Å². The van der Waals surface area contributed by atoms with E-state index in [4.69, 9.17) is 9.72 Å². The lowest BCUT2D eigenvalue weighted by Gasteiger charge is -2.37. The first-order chi connectivity index (χ1) is 16.6. The van der Waals surface area contributed by atoms with Gasteiger partial charge in [-0.15, -0.1) is 0 Å². The van der Waals surface area contributed by atoms with Crippen LogP contribution in [-0.2, 0) is 22.9 Å². The number of aromatic nitrogens is 1. The summed E-state index contributed by atoms with van der Waals surface area (Å²) < 4.78 is 46.7. The van der Waals surface area contributed by atoms with Gasteiger partial charge in [0.15, 0.2) is 0 Å². The second kappa shape index (κ2) is 8.04. The van der Waals surface area contributed by atoms with Crippen LogP contribution in [-0.4, -0.2) is 10.1 Å². The molecule has 6 rings (SSSR count). The van der Waals surface area contributed by atoms with Crippen molar-refractivity contribution < 1.29 is 23.0 Å². The molecule has 1 aromatic heterocycles. The van der Waals surface area contributed by atoms with Crippen molar-refractivity contribution in [3.8, 4) is 0 Å². The lowest BCUT2D eigenvalue weighted by molar-refractivity contribution is -0.137. The average Bonchev–Trinajstić information content (AvgIpc) is 3.53. The van der Waals surface area contributed by atoms with Gasteiger partial charge in [0.05, 0.1) is 17.4 Å². The first-order valence-corrected chi connectivity index (χ1v) is 13.2. The number of pyridine rings is 1. The van der Waals surface area contributed by atoms with E-state index in [-0.39, 0.29) is 5.41 Å². The molecule has 1 N–H and O–H groups in total. The van der Waals surface area contributed by atoms with E-state index in [2.05, 4.69) is 13.8 Å². The highest BCUT2D eigenvalue weighted by Crippen LogP contribution is 2.58. The summed E-state index contributed by atoms with van der Waals surface area (Å²) in [4.78, 5) is 5.27. The van der Waals surface area contributed by atoms with Crippen LogP contribution in [0.15, 0.2) is 24.3 Å². The number of alkyl halides is 3. The first kappa shape index (κ1) is 23.5. The van der Waals surface area contributed by atoms with E-state index in [1.807, 2.05) is 0 Å². The molecule has 0 bridgehead atoms. The number of nitrogens with zero attached hydrogens (tertiary/aromatic N) is 1. The van der Waals surface area contributed by atoms with E-state index < -0.39 is 29.5 Å². The number of fused-ring (bicyclic) bond motifs is 3. The van der Waals surface area contributed by atoms with E-state index >= 15 is 0 Å². The molecule has 3 aliphatic carbocycles. The minimum Gasteiger partial charge on any atom is -0.388 e. The highest BCUT2D eigenvalue weighted by molar-refractivity contribution is 5.53. The van der Waals surface area contributed by atoms with Gasteiger partial charge in [-0.25, -0.2) is 0 Å². The molecule has 35 heavy (non-hydrogen) atoms. The number of halogens is 3. The smallest absolute Gasteiger partial charge is 0.388 e. The number of aliphatic hydroxyl groups is 1. The molecule has 0 radical (unpaired) electrons. The maximum absolute atomic E-state index is 13.3. The zero-order valence-electron chi connectivity index (χ0n) is 20.5. The lowest BCUT2D eigenvalue weighted by Crippen LogP contribution is -2.30. The van der Waals surface area contributed by atoms with Crippen LogP contribution >= 0.6 is 0 Å². The zero-order valence-corrected chi connectivity index (χ0v) is 20.5. The third kappa shape index (κ3) is 3.83. The number of ether oxygens (including phenoxy) is 1. The second-order valence-corrected chi connectivity index (χ2v) is 12.0. The molecule has 2 heterocycles. The average molecular weight is 486 g/mol. The summed E-state index contributed by atoms with van der Waals surface area (Å²) in [5.74, 6) is 0.341. The van der Waals surface area contributed by atoms with Crippen molar-refractivity contribution in [2.45, 2.75) is 108 Å². The standard InChI is InChI=1S/C29H34F3NO2/c1-27(2)15-20-23(21(34)16-27)22(17-7-3-4-8-17)24-25(18-9-11-19(12-10-18)29(30,31)32)35-28(26(24)33-20)13-5-6-14-28/h9-12,17,21,25,34H,3-8,13-16H2,1-2H3/t21-,25-/m0/s1. The molecular weight excluding hydrogens is 451 g/mol. The predicted octanol–water partition coefficient (Wildman–Crippen LogP) is 7.65. The molecule has 1 spiro atoms. The molecule has 188 valence electrons. The summed E-state index contributed by atoms with van der Waals surface area (Å²) in [6, 6.07) is 5.47. The van der Waals surface area contributed by atoms with Gasteiger partial charge in [-0.05, 0) is 73.1 Å². The van der Waals surface area contributed by atoms with Crippen LogP contribution in [0.5, 0.6) is 0 Å².